The molecule has 0 unspecified atom stereocenters. The molecule has 3 rings (SSSR count). The molecule has 1 aliphatic heterocycles. The van der Waals surface area contributed by atoms with Crippen molar-refractivity contribution >= 4 is 11.6 Å². The molecule has 0 spiro atoms. The Bertz CT molecular complexity index is 716. The number of nitrogens with zero attached hydrogens (tertiary/aromatic N) is 1. The summed E-state index contributed by atoms with van der Waals surface area (Å²) in [7, 11) is 0. The Morgan fingerprint density at radius 3 is 2.42 bits per heavy atom. The minimum Gasteiger partial charge on any atom is -0.310 e. The summed E-state index contributed by atoms with van der Waals surface area (Å²) in [6.07, 6.45) is -4.00. The molecule has 0 bridgehead atoms. The highest BCUT2D eigenvalue weighted by Gasteiger charge is 2.39. The quantitative estimate of drug-likeness (QED) is 0.926. The van der Waals surface area contributed by atoms with Crippen LogP contribution in [0.2, 0.25) is 0 Å². The van der Waals surface area contributed by atoms with Gasteiger partial charge >= 0.3 is 6.18 Å². The third kappa shape index (κ3) is 3.43. The molecular formula is C18H17F3N2O. The smallest absolute Gasteiger partial charge is 0.310 e. The standard InChI is InChI=1S/C18H17F3N2O/c19-18(20,21)14-8-4-5-9-16(14)23-11-10-15(17(23)24)22-12-13-6-2-1-3-7-13/h1-9,15,22H,10-12H2/t15-/m0/s1. The fraction of sp³-hybridized carbons (Fsp3) is 0.278. The lowest BCUT2D eigenvalue weighted by molar-refractivity contribution is -0.137. The number of alkyl halides is 3. The summed E-state index contributed by atoms with van der Waals surface area (Å²) in [5.41, 5.74) is 0.181. The van der Waals surface area contributed by atoms with Gasteiger partial charge in [-0.15, -0.1) is 0 Å². The molecule has 0 aliphatic carbocycles. The summed E-state index contributed by atoms with van der Waals surface area (Å²) in [6, 6.07) is 14.3. The summed E-state index contributed by atoms with van der Waals surface area (Å²) in [4.78, 5) is 13.7. The van der Waals surface area contributed by atoms with Crippen molar-refractivity contribution in [2.45, 2.75) is 25.2 Å². The second-order valence-electron chi connectivity index (χ2n) is 5.71. The first-order chi connectivity index (χ1) is 11.5. The maximum absolute atomic E-state index is 13.1. The number of rotatable bonds is 4. The van der Waals surface area contributed by atoms with Gasteiger partial charge in [-0.1, -0.05) is 42.5 Å². The van der Waals surface area contributed by atoms with Gasteiger partial charge < -0.3 is 10.2 Å². The van der Waals surface area contributed by atoms with Crippen LogP contribution in [0.15, 0.2) is 54.6 Å². The van der Waals surface area contributed by atoms with Crippen molar-refractivity contribution in [1.82, 2.24) is 5.32 Å². The van der Waals surface area contributed by atoms with Crippen molar-refractivity contribution in [2.75, 3.05) is 11.4 Å². The van der Waals surface area contributed by atoms with E-state index in [0.717, 1.165) is 11.6 Å². The highest BCUT2D eigenvalue weighted by Crippen LogP contribution is 2.37. The predicted molar refractivity (Wildman–Crippen MR) is 85.5 cm³/mol. The number of nitrogens with one attached hydrogen (secondary N) is 1. The number of carbonyl (C=O) groups excluding carboxylic acids is 1. The molecule has 6 heteroatoms. The zero-order valence-electron chi connectivity index (χ0n) is 12.9. The van der Waals surface area contributed by atoms with E-state index in [1.54, 1.807) is 0 Å². The Balaban J connectivity index is 1.73. The van der Waals surface area contributed by atoms with Crippen LogP contribution in [0.1, 0.15) is 17.5 Å². The van der Waals surface area contributed by atoms with Gasteiger partial charge in [0.15, 0.2) is 0 Å². The number of amides is 1. The molecule has 1 fully saturated rings. The SMILES string of the molecule is O=C1[C@@H](NCc2ccccc2)CCN1c1ccccc1C(F)(F)F. The third-order valence-corrected chi connectivity index (χ3v) is 4.10. The highest BCUT2D eigenvalue weighted by atomic mass is 19.4. The van der Waals surface area contributed by atoms with Gasteiger partial charge in [-0.25, -0.2) is 0 Å². The molecule has 1 amide bonds. The number of halogens is 3. The van der Waals surface area contributed by atoms with Crippen molar-refractivity contribution in [3.05, 3.63) is 65.7 Å². The molecule has 2 aromatic rings. The van der Waals surface area contributed by atoms with Crippen molar-refractivity contribution in [2.24, 2.45) is 0 Å². The van der Waals surface area contributed by atoms with Gasteiger partial charge in [-0.05, 0) is 24.1 Å². The molecule has 2 aromatic carbocycles. The van der Waals surface area contributed by atoms with Gasteiger partial charge in [-0.2, -0.15) is 13.2 Å². The molecule has 1 heterocycles. The van der Waals surface area contributed by atoms with Crippen LogP contribution in [-0.4, -0.2) is 18.5 Å². The molecule has 3 nitrogen and oxygen atoms in total. The monoisotopic (exact) mass is 334 g/mol. The molecule has 1 saturated heterocycles. The zero-order valence-corrected chi connectivity index (χ0v) is 12.9. The number of hydrogen-bond acceptors (Lipinski definition) is 2. The summed E-state index contributed by atoms with van der Waals surface area (Å²) in [6.45, 7) is 0.782. The summed E-state index contributed by atoms with van der Waals surface area (Å²) in [5.74, 6) is -0.317. The molecule has 1 N–H and O–H groups in total. The fourth-order valence-electron chi connectivity index (χ4n) is 2.89. The van der Waals surface area contributed by atoms with Crippen LogP contribution in [-0.2, 0) is 17.5 Å². The molecule has 0 aromatic heterocycles. The molecular weight excluding hydrogens is 317 g/mol. The first-order valence-electron chi connectivity index (χ1n) is 7.72. The van der Waals surface area contributed by atoms with Crippen molar-refractivity contribution < 1.29 is 18.0 Å². The highest BCUT2D eigenvalue weighted by molar-refractivity contribution is 6.00. The van der Waals surface area contributed by atoms with Gasteiger partial charge in [-0.3, -0.25) is 4.79 Å². The second-order valence-corrected chi connectivity index (χ2v) is 5.71. The Hall–Kier alpha value is -2.34. The minimum absolute atomic E-state index is 0.0704. The van der Waals surface area contributed by atoms with Crippen LogP contribution in [0.3, 0.4) is 0 Å². The van der Waals surface area contributed by atoms with Crippen LogP contribution < -0.4 is 10.2 Å². The average Bonchev–Trinajstić information content (AvgIpc) is 2.94. The van der Waals surface area contributed by atoms with Crippen LogP contribution in [0.4, 0.5) is 18.9 Å². The van der Waals surface area contributed by atoms with Gasteiger partial charge in [0.2, 0.25) is 5.91 Å². The van der Waals surface area contributed by atoms with E-state index in [4.69, 9.17) is 0 Å². The third-order valence-electron chi connectivity index (χ3n) is 4.10. The maximum atomic E-state index is 13.1. The van der Waals surface area contributed by atoms with Gasteiger partial charge in [0.25, 0.3) is 0 Å². The summed E-state index contributed by atoms with van der Waals surface area (Å²) in [5, 5.41) is 3.13. The van der Waals surface area contributed by atoms with E-state index < -0.39 is 17.8 Å². The van der Waals surface area contributed by atoms with Gasteiger partial charge in [0.05, 0.1) is 17.3 Å². The molecule has 0 radical (unpaired) electrons. The Kier molecular flexibility index (Phi) is 4.57. The first-order valence-corrected chi connectivity index (χ1v) is 7.72. The van der Waals surface area contributed by atoms with E-state index in [-0.39, 0.29) is 18.1 Å². The lowest BCUT2D eigenvalue weighted by Crippen LogP contribution is -2.38. The van der Waals surface area contributed by atoms with Crippen LogP contribution >= 0.6 is 0 Å². The van der Waals surface area contributed by atoms with E-state index in [1.807, 2.05) is 30.3 Å². The fourth-order valence-corrected chi connectivity index (χ4v) is 2.89. The molecule has 1 aliphatic rings. The Labute approximate surface area is 138 Å². The van der Waals surface area contributed by atoms with E-state index in [1.165, 1.54) is 23.1 Å². The Morgan fingerprint density at radius 2 is 1.71 bits per heavy atom. The topological polar surface area (TPSA) is 32.3 Å². The largest absolute Gasteiger partial charge is 0.418 e. The number of para-hydroxylation sites is 1. The number of anilines is 1. The van der Waals surface area contributed by atoms with Gasteiger partial charge in [0.1, 0.15) is 0 Å². The predicted octanol–water partition coefficient (Wildman–Crippen LogP) is 3.60. The maximum Gasteiger partial charge on any atom is 0.418 e. The van der Waals surface area contributed by atoms with Crippen LogP contribution in [0.25, 0.3) is 0 Å². The molecule has 0 saturated carbocycles. The molecule has 1 atom stereocenters. The summed E-state index contributed by atoms with van der Waals surface area (Å²) >= 11 is 0. The van der Waals surface area contributed by atoms with Crippen LogP contribution in [0.5, 0.6) is 0 Å². The normalized spacial score (nSPS) is 18.2. The van der Waals surface area contributed by atoms with Crippen molar-refractivity contribution in [3.8, 4) is 0 Å². The number of carbonyl (C=O) groups is 1. The van der Waals surface area contributed by atoms with E-state index in [9.17, 15) is 18.0 Å². The van der Waals surface area contributed by atoms with E-state index in [2.05, 4.69) is 5.32 Å². The number of hydrogen-bond donors (Lipinski definition) is 1. The average molecular weight is 334 g/mol. The second kappa shape index (κ2) is 6.65. The molecule has 126 valence electrons. The lowest BCUT2D eigenvalue weighted by atomic mass is 10.1. The minimum atomic E-state index is -4.48. The Morgan fingerprint density at radius 1 is 1.04 bits per heavy atom. The van der Waals surface area contributed by atoms with Crippen molar-refractivity contribution in [1.29, 1.82) is 0 Å². The van der Waals surface area contributed by atoms with E-state index >= 15 is 0 Å². The van der Waals surface area contributed by atoms with Gasteiger partial charge in [0, 0.05) is 13.1 Å². The summed E-state index contributed by atoms with van der Waals surface area (Å²) < 4.78 is 39.4. The lowest BCUT2D eigenvalue weighted by Gasteiger charge is -2.21. The number of benzene rings is 2. The zero-order chi connectivity index (χ0) is 17.2. The first kappa shape index (κ1) is 16.5. The molecule has 24 heavy (non-hydrogen) atoms. The van der Waals surface area contributed by atoms with E-state index in [0.29, 0.717) is 13.0 Å². The van der Waals surface area contributed by atoms with Crippen molar-refractivity contribution in [3.63, 3.8) is 0 Å². The van der Waals surface area contributed by atoms with Crippen LogP contribution in [0, 0.1) is 0 Å².